The Balaban J connectivity index is 1.34. The molecule has 2 aliphatic rings. The van der Waals surface area contributed by atoms with Crippen LogP contribution in [-0.2, 0) is 6.42 Å². The number of hydrogen-bond donors (Lipinski definition) is 1. The lowest BCUT2D eigenvalue weighted by Gasteiger charge is -2.36. The second-order valence-corrected chi connectivity index (χ2v) is 9.79. The van der Waals surface area contributed by atoms with Crippen molar-refractivity contribution >= 4 is 21.6 Å². The van der Waals surface area contributed by atoms with E-state index in [9.17, 15) is 9.90 Å². The number of ether oxygens (including phenoxy) is 1. The van der Waals surface area contributed by atoms with Gasteiger partial charge in [0.25, 0.3) is 5.56 Å². The van der Waals surface area contributed by atoms with Gasteiger partial charge in [-0.15, -0.1) is 11.3 Å². The average molecular weight is 426 g/mol. The van der Waals surface area contributed by atoms with E-state index in [1.807, 2.05) is 30.3 Å². The molecule has 3 aromatic rings. The molecule has 30 heavy (non-hydrogen) atoms. The lowest BCUT2D eigenvalue weighted by atomic mass is 10.0. The maximum absolute atomic E-state index is 13.0. The monoisotopic (exact) mass is 425 g/mol. The van der Waals surface area contributed by atoms with E-state index in [2.05, 4.69) is 16.9 Å². The van der Waals surface area contributed by atoms with Crippen LogP contribution in [-0.4, -0.2) is 50.9 Å². The van der Waals surface area contributed by atoms with E-state index in [1.54, 1.807) is 17.8 Å². The van der Waals surface area contributed by atoms with E-state index in [0.29, 0.717) is 28.7 Å². The fourth-order valence-corrected chi connectivity index (χ4v) is 6.03. The summed E-state index contributed by atoms with van der Waals surface area (Å²) < 4.78 is 8.46. The van der Waals surface area contributed by atoms with Crippen LogP contribution in [0.4, 0.5) is 0 Å². The third-order valence-corrected chi connectivity index (χ3v) is 7.59. The summed E-state index contributed by atoms with van der Waals surface area (Å²) in [5, 5.41) is 9.61. The summed E-state index contributed by atoms with van der Waals surface area (Å²) in [6.07, 6.45) is 6.67. The Bertz CT molecular complexity index is 1090. The van der Waals surface area contributed by atoms with Crippen LogP contribution in [0.15, 0.2) is 41.5 Å². The number of nitrogens with zero attached hydrogens (tertiary/aromatic N) is 3. The van der Waals surface area contributed by atoms with Crippen LogP contribution in [0.2, 0.25) is 0 Å². The van der Waals surface area contributed by atoms with Crippen molar-refractivity contribution in [3.8, 4) is 11.4 Å². The van der Waals surface area contributed by atoms with E-state index in [4.69, 9.17) is 4.74 Å². The van der Waals surface area contributed by atoms with Crippen molar-refractivity contribution in [1.29, 1.82) is 0 Å². The highest BCUT2D eigenvalue weighted by Crippen LogP contribution is 2.36. The number of aliphatic hydroxyl groups is 1. The molecule has 1 aromatic carbocycles. The third-order valence-electron chi connectivity index (χ3n) is 6.46. The molecular weight excluding hydrogens is 398 g/mol. The fraction of sp³-hybridized carbons (Fsp3) is 0.478. The number of benzene rings is 1. The Morgan fingerprint density at radius 1 is 1.23 bits per heavy atom. The minimum atomic E-state index is -0.437. The summed E-state index contributed by atoms with van der Waals surface area (Å²) in [5.41, 5.74) is 1.38. The molecule has 2 aliphatic heterocycles. The maximum atomic E-state index is 13.0. The van der Waals surface area contributed by atoms with Gasteiger partial charge in [-0.25, -0.2) is 4.98 Å². The highest BCUT2D eigenvalue weighted by molar-refractivity contribution is 7.18. The van der Waals surface area contributed by atoms with Gasteiger partial charge in [0, 0.05) is 23.4 Å². The van der Waals surface area contributed by atoms with Crippen LogP contribution in [0.1, 0.15) is 37.5 Å². The van der Waals surface area contributed by atoms with E-state index in [1.165, 1.54) is 24.2 Å². The van der Waals surface area contributed by atoms with Crippen molar-refractivity contribution < 1.29 is 9.84 Å². The van der Waals surface area contributed by atoms with E-state index in [0.717, 1.165) is 29.2 Å². The number of fused-ring (bicyclic) bond motifs is 3. The van der Waals surface area contributed by atoms with Gasteiger partial charge in [-0.3, -0.25) is 9.36 Å². The number of hydrogen-bond acceptors (Lipinski definition) is 6. The molecule has 0 saturated carbocycles. The van der Waals surface area contributed by atoms with Crippen LogP contribution < -0.4 is 10.3 Å². The topological polar surface area (TPSA) is 67.6 Å². The first-order valence-corrected chi connectivity index (χ1v) is 11.5. The molecule has 3 unspecified atom stereocenters. The molecule has 7 heteroatoms. The van der Waals surface area contributed by atoms with Crippen molar-refractivity contribution in [2.24, 2.45) is 0 Å². The third kappa shape index (κ3) is 3.66. The zero-order valence-corrected chi connectivity index (χ0v) is 18.1. The molecule has 0 spiro atoms. The Kier molecular flexibility index (Phi) is 5.13. The standard InChI is InChI=1S/C23H27N3O3S/c1-14(27)9-20-12-21-22(30-20)23(28)26(13-24-21)15-5-7-18(8-6-15)29-19-10-16-3-4-17(11-19)25(16)2/h5-8,12-14,16-17,19,27H,3-4,9-11H2,1-2H3. The molecule has 2 saturated heterocycles. The van der Waals surface area contributed by atoms with Gasteiger partial charge in [0.1, 0.15) is 22.9 Å². The molecule has 0 radical (unpaired) electrons. The van der Waals surface area contributed by atoms with Gasteiger partial charge in [0.2, 0.25) is 0 Å². The molecule has 2 aromatic heterocycles. The zero-order valence-electron chi connectivity index (χ0n) is 17.3. The second kappa shape index (κ2) is 7.80. The van der Waals surface area contributed by atoms with Crippen molar-refractivity contribution in [3.05, 3.63) is 51.9 Å². The fourth-order valence-electron chi connectivity index (χ4n) is 4.87. The highest BCUT2D eigenvalue weighted by Gasteiger charge is 2.39. The normalized spacial score (nSPS) is 25.0. The quantitative estimate of drug-likeness (QED) is 0.679. The van der Waals surface area contributed by atoms with Gasteiger partial charge < -0.3 is 14.7 Å². The Morgan fingerprint density at radius 2 is 1.93 bits per heavy atom. The van der Waals surface area contributed by atoms with Gasteiger partial charge in [-0.05, 0) is 70.0 Å². The summed E-state index contributed by atoms with van der Waals surface area (Å²) in [6, 6.07) is 10.9. The first kappa shape index (κ1) is 19.7. The van der Waals surface area contributed by atoms with E-state index < -0.39 is 6.10 Å². The molecule has 158 valence electrons. The molecule has 1 N–H and O–H groups in total. The number of thiophene rings is 1. The molecular formula is C23H27N3O3S. The van der Waals surface area contributed by atoms with Crippen molar-refractivity contribution in [2.75, 3.05) is 7.05 Å². The van der Waals surface area contributed by atoms with Crippen LogP contribution in [0.5, 0.6) is 5.75 Å². The molecule has 2 fully saturated rings. The maximum Gasteiger partial charge on any atom is 0.275 e. The average Bonchev–Trinajstić information content (AvgIpc) is 3.19. The van der Waals surface area contributed by atoms with Crippen LogP contribution in [0.3, 0.4) is 0 Å². The summed E-state index contributed by atoms with van der Waals surface area (Å²) >= 11 is 1.41. The van der Waals surface area contributed by atoms with Crippen LogP contribution in [0.25, 0.3) is 15.9 Å². The van der Waals surface area contributed by atoms with Crippen molar-refractivity contribution in [3.63, 3.8) is 0 Å². The molecule has 4 heterocycles. The molecule has 0 aliphatic carbocycles. The van der Waals surface area contributed by atoms with Crippen molar-refractivity contribution in [2.45, 2.75) is 63.3 Å². The Hall–Kier alpha value is -2.22. The van der Waals surface area contributed by atoms with Gasteiger partial charge >= 0.3 is 0 Å². The predicted molar refractivity (Wildman–Crippen MR) is 119 cm³/mol. The molecule has 2 bridgehead atoms. The van der Waals surface area contributed by atoms with Crippen LogP contribution >= 0.6 is 11.3 Å². The summed E-state index contributed by atoms with van der Waals surface area (Å²) in [5.74, 6) is 0.852. The van der Waals surface area contributed by atoms with Crippen LogP contribution in [0, 0.1) is 0 Å². The number of aromatic nitrogens is 2. The first-order chi connectivity index (χ1) is 14.5. The second-order valence-electron chi connectivity index (χ2n) is 8.66. The lowest BCUT2D eigenvalue weighted by molar-refractivity contribution is 0.0662. The Labute approximate surface area is 179 Å². The van der Waals surface area contributed by atoms with Crippen molar-refractivity contribution in [1.82, 2.24) is 14.5 Å². The molecule has 6 nitrogen and oxygen atoms in total. The molecule has 0 amide bonds. The lowest BCUT2D eigenvalue weighted by Crippen LogP contribution is -2.43. The highest BCUT2D eigenvalue weighted by atomic mass is 32.1. The van der Waals surface area contributed by atoms with Gasteiger partial charge in [-0.1, -0.05) is 0 Å². The van der Waals surface area contributed by atoms with Gasteiger partial charge in [-0.2, -0.15) is 0 Å². The summed E-state index contributed by atoms with van der Waals surface area (Å²) in [7, 11) is 2.23. The summed E-state index contributed by atoms with van der Waals surface area (Å²) in [6.45, 7) is 1.75. The zero-order chi connectivity index (χ0) is 20.8. The minimum absolute atomic E-state index is 0.0811. The molecule has 5 rings (SSSR count). The number of rotatable bonds is 5. The SMILES string of the molecule is CC(O)Cc1cc2ncn(-c3ccc(OC4CC5CCC(C4)N5C)cc3)c(=O)c2s1. The smallest absolute Gasteiger partial charge is 0.275 e. The molecule has 3 atom stereocenters. The van der Waals surface area contributed by atoms with E-state index >= 15 is 0 Å². The Morgan fingerprint density at radius 3 is 2.60 bits per heavy atom. The van der Waals surface area contributed by atoms with Gasteiger partial charge in [0.05, 0.1) is 17.3 Å². The first-order valence-electron chi connectivity index (χ1n) is 10.6. The minimum Gasteiger partial charge on any atom is -0.490 e. The number of piperidine rings is 1. The predicted octanol–water partition coefficient (Wildman–Crippen LogP) is 3.37. The van der Waals surface area contributed by atoms with E-state index in [-0.39, 0.29) is 11.7 Å². The van der Waals surface area contributed by atoms with Gasteiger partial charge in [0.15, 0.2) is 0 Å². The summed E-state index contributed by atoms with van der Waals surface area (Å²) in [4.78, 5) is 20.9. The number of aliphatic hydroxyl groups excluding tert-OH is 1. The largest absolute Gasteiger partial charge is 0.490 e.